The molecule has 0 aromatic rings. The Labute approximate surface area is 86.8 Å². The largest absolute Gasteiger partial charge is 0.462 e. The minimum atomic E-state index is -4.49. The lowest BCUT2D eigenvalue weighted by atomic mass is 9.97. The first-order chi connectivity index (χ1) is 6.91. The maximum atomic E-state index is 12.2. The first-order valence-electron chi connectivity index (χ1n) is 5.18. The van der Waals surface area contributed by atoms with E-state index in [4.69, 9.17) is 4.74 Å². The molecule has 1 saturated carbocycles. The van der Waals surface area contributed by atoms with E-state index in [0.717, 1.165) is 26.2 Å². The summed E-state index contributed by atoms with van der Waals surface area (Å²) in [6.45, 7) is 0.838. The van der Waals surface area contributed by atoms with Crippen molar-refractivity contribution >= 4 is 5.97 Å². The Morgan fingerprint density at radius 1 is 1.27 bits per heavy atom. The maximum absolute atomic E-state index is 12.2. The second-order valence-corrected chi connectivity index (χ2v) is 3.96. The number of ether oxygens (including phenoxy) is 1. The number of esters is 1. The van der Waals surface area contributed by atoms with Gasteiger partial charge in [0.2, 0.25) is 0 Å². The van der Waals surface area contributed by atoms with E-state index < -0.39 is 18.1 Å². The van der Waals surface area contributed by atoms with Crippen molar-refractivity contribution in [2.75, 3.05) is 0 Å². The molecule has 1 unspecified atom stereocenters. The Morgan fingerprint density at radius 3 is 2.27 bits per heavy atom. The lowest BCUT2D eigenvalue weighted by Crippen LogP contribution is -2.33. The minimum Gasteiger partial charge on any atom is -0.462 e. The zero-order valence-electron chi connectivity index (χ0n) is 8.64. The van der Waals surface area contributed by atoms with Crippen molar-refractivity contribution in [1.29, 1.82) is 0 Å². The van der Waals surface area contributed by atoms with Crippen LogP contribution >= 0.6 is 0 Å². The summed E-state index contributed by atoms with van der Waals surface area (Å²) in [5, 5.41) is 0. The molecule has 0 spiro atoms. The van der Waals surface area contributed by atoms with Gasteiger partial charge in [0.15, 0.2) is 0 Å². The summed E-state index contributed by atoms with van der Waals surface area (Å²) in [4.78, 5) is 11.1. The first-order valence-corrected chi connectivity index (χ1v) is 5.18. The Morgan fingerprint density at radius 2 is 1.80 bits per heavy atom. The van der Waals surface area contributed by atoms with Crippen molar-refractivity contribution in [3.8, 4) is 0 Å². The zero-order valence-corrected chi connectivity index (χ0v) is 8.64. The molecule has 1 atom stereocenters. The molecule has 0 bridgehead atoms. The van der Waals surface area contributed by atoms with Crippen molar-refractivity contribution in [3.05, 3.63) is 0 Å². The highest BCUT2D eigenvalue weighted by atomic mass is 19.4. The third-order valence-electron chi connectivity index (χ3n) is 2.68. The summed E-state index contributed by atoms with van der Waals surface area (Å²) < 4.78 is 41.3. The average molecular weight is 224 g/mol. The minimum absolute atomic E-state index is 0.309. The molecule has 88 valence electrons. The molecule has 0 aliphatic heterocycles. The molecule has 1 fully saturated rings. The third-order valence-corrected chi connectivity index (χ3v) is 2.68. The van der Waals surface area contributed by atoms with Crippen molar-refractivity contribution in [2.45, 2.75) is 51.3 Å². The molecule has 2 nitrogen and oxygen atoms in total. The van der Waals surface area contributed by atoms with E-state index in [0.29, 0.717) is 12.8 Å². The van der Waals surface area contributed by atoms with E-state index in [2.05, 4.69) is 0 Å². The van der Waals surface area contributed by atoms with Crippen LogP contribution < -0.4 is 0 Å². The smallest absolute Gasteiger partial charge is 0.401 e. The quantitative estimate of drug-likeness (QED) is 0.674. The highest BCUT2D eigenvalue weighted by molar-refractivity contribution is 5.73. The van der Waals surface area contributed by atoms with Gasteiger partial charge in [0.1, 0.15) is 12.0 Å². The van der Waals surface area contributed by atoms with E-state index in [9.17, 15) is 18.0 Å². The molecule has 0 radical (unpaired) electrons. The number of hydrogen-bond acceptors (Lipinski definition) is 2. The fraction of sp³-hybridized carbons (Fsp3) is 0.900. The van der Waals surface area contributed by atoms with Gasteiger partial charge in [-0.05, 0) is 32.6 Å². The molecule has 0 aromatic carbocycles. The molecule has 0 N–H and O–H groups in total. The van der Waals surface area contributed by atoms with Gasteiger partial charge in [-0.3, -0.25) is 4.79 Å². The fourth-order valence-corrected chi connectivity index (χ4v) is 1.58. The van der Waals surface area contributed by atoms with E-state index in [1.165, 1.54) is 0 Å². The maximum Gasteiger partial charge on any atom is 0.401 e. The van der Waals surface area contributed by atoms with Crippen molar-refractivity contribution in [3.63, 3.8) is 0 Å². The van der Waals surface area contributed by atoms with Gasteiger partial charge in [0.05, 0.1) is 0 Å². The van der Waals surface area contributed by atoms with Crippen LogP contribution in [0.5, 0.6) is 0 Å². The second-order valence-electron chi connectivity index (χ2n) is 3.96. The Hall–Kier alpha value is -0.740. The number of carbonyl (C=O) groups excluding carboxylic acids is 1. The molecule has 15 heavy (non-hydrogen) atoms. The van der Waals surface area contributed by atoms with Gasteiger partial charge in [-0.25, -0.2) is 0 Å². The Kier molecular flexibility index (Phi) is 3.99. The topological polar surface area (TPSA) is 26.3 Å². The summed E-state index contributed by atoms with van der Waals surface area (Å²) in [7, 11) is 0. The van der Waals surface area contributed by atoms with Gasteiger partial charge >= 0.3 is 12.1 Å². The lowest BCUT2D eigenvalue weighted by Gasteiger charge is -2.24. The summed E-state index contributed by atoms with van der Waals surface area (Å²) in [6, 6.07) is 0. The monoisotopic (exact) mass is 224 g/mol. The number of hydrogen-bond donors (Lipinski definition) is 0. The molecule has 1 aliphatic rings. The van der Waals surface area contributed by atoms with Crippen molar-refractivity contribution < 1.29 is 22.7 Å². The van der Waals surface area contributed by atoms with Gasteiger partial charge < -0.3 is 4.74 Å². The average Bonchev–Trinajstić information content (AvgIpc) is 2.16. The molecule has 1 aliphatic carbocycles. The zero-order chi connectivity index (χ0) is 11.5. The van der Waals surface area contributed by atoms with Crippen molar-refractivity contribution in [2.24, 2.45) is 5.92 Å². The predicted molar refractivity (Wildman–Crippen MR) is 48.2 cm³/mol. The van der Waals surface area contributed by atoms with Crippen LogP contribution in [-0.2, 0) is 9.53 Å². The van der Waals surface area contributed by atoms with E-state index >= 15 is 0 Å². The highest BCUT2D eigenvalue weighted by Crippen LogP contribution is 2.28. The van der Waals surface area contributed by atoms with Crippen molar-refractivity contribution in [1.82, 2.24) is 0 Å². The van der Waals surface area contributed by atoms with Gasteiger partial charge in [-0.1, -0.05) is 6.42 Å². The van der Waals surface area contributed by atoms with Crippen LogP contribution in [0.1, 0.15) is 39.0 Å². The summed E-state index contributed by atoms with van der Waals surface area (Å²) >= 11 is 0. The molecule has 0 saturated heterocycles. The standard InChI is InChI=1S/C10H15F3O2/c1-7(10(11,12)13)9(14)15-8-5-3-2-4-6-8/h7-8H,2-6H2,1H3. The summed E-state index contributed by atoms with van der Waals surface area (Å²) in [5.74, 6) is -3.16. The predicted octanol–water partition coefficient (Wildman–Crippen LogP) is 3.06. The van der Waals surface area contributed by atoms with Crippen LogP contribution in [0.25, 0.3) is 0 Å². The van der Waals surface area contributed by atoms with E-state index in [1.807, 2.05) is 0 Å². The lowest BCUT2D eigenvalue weighted by molar-refractivity contribution is -0.198. The van der Waals surface area contributed by atoms with Crippen LogP contribution in [-0.4, -0.2) is 18.2 Å². The second kappa shape index (κ2) is 4.86. The normalized spacial score (nSPS) is 21.1. The van der Waals surface area contributed by atoms with E-state index in [1.54, 1.807) is 0 Å². The van der Waals surface area contributed by atoms with Crippen LogP contribution in [0.3, 0.4) is 0 Å². The van der Waals surface area contributed by atoms with Gasteiger partial charge in [0.25, 0.3) is 0 Å². The Bertz CT molecular complexity index is 219. The van der Waals surface area contributed by atoms with Gasteiger partial charge in [-0.2, -0.15) is 13.2 Å². The SMILES string of the molecule is CC(C(=O)OC1CCCCC1)C(F)(F)F. The summed E-state index contributed by atoms with van der Waals surface area (Å²) in [6.07, 6.45) is -0.492. The summed E-state index contributed by atoms with van der Waals surface area (Å²) in [5.41, 5.74) is 0. The van der Waals surface area contributed by atoms with Crippen LogP contribution in [0.4, 0.5) is 13.2 Å². The van der Waals surface area contributed by atoms with Crippen LogP contribution in [0, 0.1) is 5.92 Å². The number of halogens is 3. The molecule has 1 rings (SSSR count). The van der Waals surface area contributed by atoms with Gasteiger partial charge in [0, 0.05) is 0 Å². The molecule has 0 amide bonds. The molecule has 0 heterocycles. The van der Waals surface area contributed by atoms with E-state index in [-0.39, 0.29) is 6.10 Å². The number of rotatable bonds is 2. The highest BCUT2D eigenvalue weighted by Gasteiger charge is 2.43. The fourth-order valence-electron chi connectivity index (χ4n) is 1.58. The van der Waals surface area contributed by atoms with Crippen LogP contribution in [0.15, 0.2) is 0 Å². The number of carbonyl (C=O) groups is 1. The Balaban J connectivity index is 2.40. The first kappa shape index (κ1) is 12.3. The number of alkyl halides is 3. The molecular formula is C10H15F3O2. The molecule has 0 aromatic heterocycles. The van der Waals surface area contributed by atoms with Gasteiger partial charge in [-0.15, -0.1) is 0 Å². The molecule has 5 heteroatoms. The third kappa shape index (κ3) is 3.72. The van der Waals surface area contributed by atoms with Crippen LogP contribution in [0.2, 0.25) is 0 Å². The molecular weight excluding hydrogens is 209 g/mol.